The van der Waals surface area contributed by atoms with Crippen LogP contribution in [0.15, 0.2) is 182 Å². The summed E-state index contributed by atoms with van der Waals surface area (Å²) in [6, 6.07) is 56.3. The summed E-state index contributed by atoms with van der Waals surface area (Å²) in [4.78, 5) is 0. The third kappa shape index (κ3) is 15.4. The number of methoxy groups -OCH3 is 1. The van der Waals surface area contributed by atoms with Crippen LogP contribution in [0, 0.1) is 0 Å². The van der Waals surface area contributed by atoms with Gasteiger partial charge in [-0.2, -0.15) is 21.6 Å². The number of alkyl halides is 3. The molecular weight excluding hydrogens is 970 g/mol. The van der Waals surface area contributed by atoms with Gasteiger partial charge in [-0.1, -0.05) is 182 Å². The van der Waals surface area contributed by atoms with Gasteiger partial charge in [0.15, 0.2) is 12.6 Å². The van der Waals surface area contributed by atoms with Gasteiger partial charge in [0.1, 0.15) is 48.8 Å². The smallest absolute Gasteiger partial charge is 0.368 e. The molecule has 0 radical (unpaired) electrons. The van der Waals surface area contributed by atoms with Crippen molar-refractivity contribution in [2.75, 3.05) is 20.3 Å². The standard InChI is InChI=1S/C56H59F3O13S/c1-62-54-52(67-36-44-28-16-6-17-29-44)50(65-34-42-24-12-4-13-25-42)48(63-32-40-20-8-2-9-21-40)46(71-54)38-69-55-53(68-37-45-30-18-7-19-31-45)51(66-35-43-26-14-5-15-27-43)49(64-33-41-22-10-3-11-23-41)47(72-55)39-70-73(60,61)56(57,58)59/h2-31,46-55H,32-39H2,1H3/t46-,47-,48-,49-,50+,51+,52-,53-,54+,55+/m1/s1. The second-order valence-corrected chi connectivity index (χ2v) is 19.0. The molecular formula is C56H59F3O13S. The second-order valence-electron chi connectivity index (χ2n) is 17.4. The Bertz CT molecular complexity index is 2610. The summed E-state index contributed by atoms with van der Waals surface area (Å²) >= 11 is 0. The van der Waals surface area contributed by atoms with E-state index in [4.69, 9.17) is 51.6 Å². The maximum atomic E-state index is 13.9. The molecule has 388 valence electrons. The summed E-state index contributed by atoms with van der Waals surface area (Å²) in [7, 11) is -4.61. The van der Waals surface area contributed by atoms with Crippen molar-refractivity contribution < 1.29 is 73.1 Å². The van der Waals surface area contributed by atoms with Crippen molar-refractivity contribution in [1.82, 2.24) is 0 Å². The number of hydrogen-bond acceptors (Lipinski definition) is 13. The number of hydrogen-bond donors (Lipinski definition) is 0. The molecule has 2 fully saturated rings. The minimum atomic E-state index is -6.10. The van der Waals surface area contributed by atoms with Crippen LogP contribution < -0.4 is 0 Å². The quantitative estimate of drug-likeness (QED) is 0.0398. The molecule has 0 aromatic heterocycles. The van der Waals surface area contributed by atoms with E-state index in [2.05, 4.69) is 0 Å². The van der Waals surface area contributed by atoms with E-state index >= 15 is 0 Å². The van der Waals surface area contributed by atoms with Gasteiger partial charge in [0, 0.05) is 7.11 Å². The summed E-state index contributed by atoms with van der Waals surface area (Å²) in [6.45, 7) is -1.00. The van der Waals surface area contributed by atoms with Crippen molar-refractivity contribution in [2.24, 2.45) is 0 Å². The summed E-state index contributed by atoms with van der Waals surface area (Å²) < 4.78 is 137. The number of benzene rings is 6. The zero-order valence-corrected chi connectivity index (χ0v) is 40.9. The topological polar surface area (TPSA) is 136 Å². The third-order valence-corrected chi connectivity index (χ3v) is 13.2. The van der Waals surface area contributed by atoms with Crippen LogP contribution in [0.4, 0.5) is 13.2 Å². The molecule has 2 aliphatic heterocycles. The van der Waals surface area contributed by atoms with E-state index in [0.29, 0.717) is 5.56 Å². The Morgan fingerprint density at radius 1 is 0.384 bits per heavy atom. The highest BCUT2D eigenvalue weighted by molar-refractivity contribution is 7.87. The Morgan fingerprint density at radius 3 is 0.973 bits per heavy atom. The lowest BCUT2D eigenvalue weighted by Crippen LogP contribution is -2.64. The zero-order chi connectivity index (χ0) is 50.9. The first-order valence-corrected chi connectivity index (χ1v) is 25.3. The molecule has 73 heavy (non-hydrogen) atoms. The van der Waals surface area contributed by atoms with Crippen molar-refractivity contribution in [3.63, 3.8) is 0 Å². The Labute approximate surface area is 424 Å². The molecule has 10 atom stereocenters. The summed E-state index contributed by atoms with van der Waals surface area (Å²) in [5, 5.41) is 0. The maximum absolute atomic E-state index is 13.9. The molecule has 2 saturated heterocycles. The molecule has 6 aromatic rings. The maximum Gasteiger partial charge on any atom is 0.523 e. The molecule has 0 unspecified atom stereocenters. The number of halogens is 3. The molecule has 0 saturated carbocycles. The van der Waals surface area contributed by atoms with Gasteiger partial charge in [-0.3, -0.25) is 4.18 Å². The van der Waals surface area contributed by atoms with Crippen LogP contribution in [0.2, 0.25) is 0 Å². The highest BCUT2D eigenvalue weighted by Crippen LogP contribution is 2.36. The van der Waals surface area contributed by atoms with Crippen LogP contribution in [0.3, 0.4) is 0 Å². The predicted molar refractivity (Wildman–Crippen MR) is 261 cm³/mol. The van der Waals surface area contributed by atoms with E-state index in [1.54, 1.807) is 24.3 Å². The minimum Gasteiger partial charge on any atom is -0.368 e. The molecule has 6 aromatic carbocycles. The van der Waals surface area contributed by atoms with Crippen LogP contribution >= 0.6 is 0 Å². The van der Waals surface area contributed by atoms with Gasteiger partial charge in [0.2, 0.25) is 0 Å². The predicted octanol–water partition coefficient (Wildman–Crippen LogP) is 9.48. The van der Waals surface area contributed by atoms with E-state index in [9.17, 15) is 21.6 Å². The SMILES string of the molecule is CO[C@H]1O[C@H](CO[C@H]2O[C@H](COS(=O)(=O)C(F)(F)F)[C@@H](OCc3ccccc3)[C@H](OCc3ccccc3)[C@H]2OCc2ccccc2)[C@@H](OCc2ccccc2)[C@H](OCc2ccccc2)[C@H]1OCc1ccccc1. The fourth-order valence-corrected chi connectivity index (χ4v) is 8.94. The van der Waals surface area contributed by atoms with Crippen molar-refractivity contribution >= 4 is 10.1 Å². The first-order chi connectivity index (χ1) is 35.5. The molecule has 0 N–H and O–H groups in total. The Balaban J connectivity index is 1.15. The molecule has 0 spiro atoms. The number of rotatable bonds is 25. The lowest BCUT2D eigenvalue weighted by Gasteiger charge is -2.47. The van der Waals surface area contributed by atoms with E-state index in [1.165, 1.54) is 7.11 Å². The molecule has 13 nitrogen and oxygen atoms in total. The second kappa shape index (κ2) is 26.7. The van der Waals surface area contributed by atoms with Gasteiger partial charge < -0.3 is 47.4 Å². The van der Waals surface area contributed by atoms with Crippen molar-refractivity contribution in [3.05, 3.63) is 215 Å². The van der Waals surface area contributed by atoms with E-state index < -0.39 is 83.6 Å². The van der Waals surface area contributed by atoms with Gasteiger partial charge in [-0.05, 0) is 33.4 Å². The van der Waals surface area contributed by atoms with E-state index in [1.807, 2.05) is 158 Å². The Morgan fingerprint density at radius 2 is 0.658 bits per heavy atom. The van der Waals surface area contributed by atoms with Crippen molar-refractivity contribution in [3.8, 4) is 0 Å². The van der Waals surface area contributed by atoms with Gasteiger partial charge in [0.25, 0.3) is 0 Å². The van der Waals surface area contributed by atoms with Crippen molar-refractivity contribution in [2.45, 2.75) is 107 Å². The molecule has 2 heterocycles. The van der Waals surface area contributed by atoms with Gasteiger partial charge in [-0.15, -0.1) is 0 Å². The average Bonchev–Trinajstić information content (AvgIpc) is 3.42. The summed E-state index contributed by atoms with van der Waals surface area (Å²) in [5.41, 5.74) is -0.826. The molecule has 0 amide bonds. The monoisotopic (exact) mass is 1030 g/mol. The van der Waals surface area contributed by atoms with Gasteiger partial charge in [-0.25, -0.2) is 0 Å². The number of ether oxygens (including phenoxy) is 10. The van der Waals surface area contributed by atoms with Crippen LogP contribution in [-0.2, 0) is 101 Å². The molecule has 8 rings (SSSR count). The fraction of sp³-hybridized carbons (Fsp3) is 0.357. The zero-order valence-electron chi connectivity index (χ0n) is 40.1. The molecule has 0 bridgehead atoms. The van der Waals surface area contributed by atoms with Crippen molar-refractivity contribution in [1.29, 1.82) is 0 Å². The van der Waals surface area contributed by atoms with Gasteiger partial charge in [0.05, 0.1) is 52.9 Å². The molecule has 0 aliphatic carbocycles. The molecule has 2 aliphatic rings. The van der Waals surface area contributed by atoms with Gasteiger partial charge >= 0.3 is 15.6 Å². The van der Waals surface area contributed by atoms with E-state index in [0.717, 1.165) is 27.8 Å². The Kier molecular flexibility index (Phi) is 19.7. The molecule has 17 heteroatoms. The third-order valence-electron chi connectivity index (χ3n) is 12.2. The first kappa shape index (κ1) is 53.9. The highest BCUT2D eigenvalue weighted by atomic mass is 32.2. The lowest BCUT2D eigenvalue weighted by molar-refractivity contribution is -0.350. The van der Waals surface area contributed by atoms with Crippen LogP contribution in [-0.4, -0.2) is 95.7 Å². The van der Waals surface area contributed by atoms with E-state index in [-0.39, 0.29) is 46.2 Å². The Hall–Kier alpha value is -5.38. The largest absolute Gasteiger partial charge is 0.523 e. The van der Waals surface area contributed by atoms with Crippen LogP contribution in [0.1, 0.15) is 33.4 Å². The first-order valence-electron chi connectivity index (χ1n) is 23.9. The minimum absolute atomic E-state index is 0.00942. The van der Waals surface area contributed by atoms with Crippen LogP contribution in [0.5, 0.6) is 0 Å². The summed E-state index contributed by atoms with van der Waals surface area (Å²) in [6.07, 6.45) is -11.2. The highest BCUT2D eigenvalue weighted by Gasteiger charge is 2.54. The average molecular weight is 1030 g/mol. The van der Waals surface area contributed by atoms with Crippen LogP contribution in [0.25, 0.3) is 0 Å². The fourth-order valence-electron chi connectivity index (χ4n) is 8.50. The lowest BCUT2D eigenvalue weighted by atomic mass is 9.97. The summed E-state index contributed by atoms with van der Waals surface area (Å²) in [5.74, 6) is 0. The normalized spacial score (nSPS) is 24.5.